The number of rotatable bonds is 8. The number of thioether (sulfide) groups is 1. The van der Waals surface area contributed by atoms with Crippen LogP contribution < -0.4 is 5.43 Å². The summed E-state index contributed by atoms with van der Waals surface area (Å²) in [6.07, 6.45) is 0. The van der Waals surface area contributed by atoms with E-state index in [1.165, 1.54) is 11.8 Å². The standard InChI is InChI=1S/C30H23Cl2N5OS/c1-20(21-7-9-23(10-8-21)22-5-3-2-4-6-22)33-34-28(38)19-39-30-36-35-29(24-11-13-25(31)14-12-24)37(30)27-17-15-26(32)16-18-27/h2-18H,19H2,1H3,(H,34,38). The number of halogens is 2. The fraction of sp³-hybridized carbons (Fsp3) is 0.0667. The molecule has 1 N–H and O–H groups in total. The van der Waals surface area contributed by atoms with Crippen LogP contribution in [0.25, 0.3) is 28.2 Å². The van der Waals surface area contributed by atoms with E-state index < -0.39 is 0 Å². The van der Waals surface area contributed by atoms with Gasteiger partial charge >= 0.3 is 0 Å². The van der Waals surface area contributed by atoms with Gasteiger partial charge in [0.05, 0.1) is 11.5 Å². The minimum absolute atomic E-state index is 0.107. The van der Waals surface area contributed by atoms with Crippen LogP contribution in [0.3, 0.4) is 0 Å². The average molecular weight is 573 g/mol. The number of amides is 1. The summed E-state index contributed by atoms with van der Waals surface area (Å²) < 4.78 is 1.89. The molecule has 5 rings (SSSR count). The Bertz CT molecular complexity index is 1600. The lowest BCUT2D eigenvalue weighted by atomic mass is 10.0. The maximum absolute atomic E-state index is 12.7. The molecule has 0 aliphatic rings. The number of nitrogens with zero attached hydrogens (tertiary/aromatic N) is 4. The molecule has 1 amide bonds. The highest BCUT2D eigenvalue weighted by Crippen LogP contribution is 2.29. The second-order valence-electron chi connectivity index (χ2n) is 8.59. The van der Waals surface area contributed by atoms with Crippen LogP contribution in [0.15, 0.2) is 113 Å². The monoisotopic (exact) mass is 571 g/mol. The van der Waals surface area contributed by atoms with Gasteiger partial charge in [0.25, 0.3) is 5.91 Å². The Balaban J connectivity index is 1.28. The second kappa shape index (κ2) is 12.3. The van der Waals surface area contributed by atoms with Crippen LogP contribution in [0.5, 0.6) is 0 Å². The van der Waals surface area contributed by atoms with Gasteiger partial charge in [-0.15, -0.1) is 10.2 Å². The van der Waals surface area contributed by atoms with E-state index in [4.69, 9.17) is 23.2 Å². The summed E-state index contributed by atoms with van der Waals surface area (Å²) in [5.74, 6) is 0.486. The highest BCUT2D eigenvalue weighted by molar-refractivity contribution is 7.99. The van der Waals surface area contributed by atoms with Crippen molar-refractivity contribution in [3.8, 4) is 28.2 Å². The number of hydrogen-bond donors (Lipinski definition) is 1. The van der Waals surface area contributed by atoms with Gasteiger partial charge in [0.2, 0.25) is 0 Å². The number of hydrogen-bond acceptors (Lipinski definition) is 5. The van der Waals surface area contributed by atoms with Gasteiger partial charge in [-0.2, -0.15) is 5.10 Å². The number of hydrazone groups is 1. The van der Waals surface area contributed by atoms with E-state index in [-0.39, 0.29) is 11.7 Å². The Hall–Kier alpha value is -3.91. The summed E-state index contributed by atoms with van der Waals surface area (Å²) in [4.78, 5) is 12.7. The molecule has 1 aromatic heterocycles. The van der Waals surface area contributed by atoms with Crippen molar-refractivity contribution in [2.24, 2.45) is 5.10 Å². The molecule has 6 nitrogen and oxygen atoms in total. The molecule has 0 atom stereocenters. The molecule has 0 aliphatic heterocycles. The molecule has 39 heavy (non-hydrogen) atoms. The zero-order valence-electron chi connectivity index (χ0n) is 20.9. The molecule has 0 spiro atoms. The van der Waals surface area contributed by atoms with Crippen molar-refractivity contribution in [3.05, 3.63) is 119 Å². The molecule has 5 aromatic rings. The quantitative estimate of drug-likeness (QED) is 0.118. The van der Waals surface area contributed by atoms with Crippen molar-refractivity contribution in [1.29, 1.82) is 0 Å². The highest BCUT2D eigenvalue weighted by atomic mass is 35.5. The summed E-state index contributed by atoms with van der Waals surface area (Å²) in [6.45, 7) is 1.86. The topological polar surface area (TPSA) is 72.2 Å². The van der Waals surface area contributed by atoms with Crippen LogP contribution in [0.4, 0.5) is 0 Å². The predicted molar refractivity (Wildman–Crippen MR) is 160 cm³/mol. The molecule has 194 valence electrons. The van der Waals surface area contributed by atoms with Gasteiger partial charge in [-0.05, 0) is 72.1 Å². The second-order valence-corrected chi connectivity index (χ2v) is 10.4. The third-order valence-corrected chi connectivity index (χ3v) is 7.34. The van der Waals surface area contributed by atoms with Gasteiger partial charge < -0.3 is 0 Å². The average Bonchev–Trinajstić information content (AvgIpc) is 3.40. The van der Waals surface area contributed by atoms with Crippen molar-refractivity contribution in [2.75, 3.05) is 5.75 Å². The van der Waals surface area contributed by atoms with Crippen molar-refractivity contribution < 1.29 is 4.79 Å². The van der Waals surface area contributed by atoms with Crippen LogP contribution in [0.2, 0.25) is 10.0 Å². The van der Waals surface area contributed by atoms with E-state index in [0.717, 1.165) is 27.9 Å². The zero-order chi connectivity index (χ0) is 27.2. The lowest BCUT2D eigenvalue weighted by Gasteiger charge is -2.10. The number of nitrogens with one attached hydrogen (secondary N) is 1. The van der Waals surface area contributed by atoms with Crippen molar-refractivity contribution >= 4 is 46.6 Å². The smallest absolute Gasteiger partial charge is 0.250 e. The molecule has 0 saturated heterocycles. The third kappa shape index (κ3) is 6.57. The summed E-state index contributed by atoms with van der Waals surface area (Å²) in [5, 5.41) is 14.9. The molecule has 0 unspecified atom stereocenters. The first kappa shape index (κ1) is 26.7. The predicted octanol–water partition coefficient (Wildman–Crippen LogP) is 7.54. The van der Waals surface area contributed by atoms with Crippen molar-refractivity contribution in [2.45, 2.75) is 12.1 Å². The summed E-state index contributed by atoms with van der Waals surface area (Å²) in [7, 11) is 0. The number of carbonyl (C=O) groups is 1. The fourth-order valence-electron chi connectivity index (χ4n) is 3.88. The maximum atomic E-state index is 12.7. The molecular weight excluding hydrogens is 549 g/mol. The van der Waals surface area contributed by atoms with Gasteiger partial charge in [0.15, 0.2) is 11.0 Å². The molecule has 0 saturated carbocycles. The summed E-state index contributed by atoms with van der Waals surface area (Å²) in [5.41, 5.74) is 8.22. The van der Waals surface area contributed by atoms with Gasteiger partial charge in [-0.1, -0.05) is 89.6 Å². The minimum Gasteiger partial charge on any atom is -0.272 e. The Kier molecular flexibility index (Phi) is 8.42. The molecule has 0 fully saturated rings. The van der Waals surface area contributed by atoms with E-state index in [9.17, 15) is 4.79 Å². The number of benzene rings is 4. The van der Waals surface area contributed by atoms with E-state index in [2.05, 4.69) is 32.9 Å². The van der Waals surface area contributed by atoms with E-state index in [1.54, 1.807) is 24.3 Å². The molecular formula is C30H23Cl2N5OS. The number of carbonyl (C=O) groups excluding carboxylic acids is 1. The Morgan fingerprint density at radius 2 is 1.38 bits per heavy atom. The third-order valence-electron chi connectivity index (χ3n) is 5.91. The van der Waals surface area contributed by atoms with Crippen molar-refractivity contribution in [1.82, 2.24) is 20.2 Å². The van der Waals surface area contributed by atoms with E-state index in [1.807, 2.05) is 78.2 Å². The highest BCUT2D eigenvalue weighted by Gasteiger charge is 2.17. The lowest BCUT2D eigenvalue weighted by Crippen LogP contribution is -2.21. The van der Waals surface area contributed by atoms with Crippen LogP contribution >= 0.6 is 35.0 Å². The molecule has 4 aromatic carbocycles. The van der Waals surface area contributed by atoms with E-state index in [0.29, 0.717) is 26.7 Å². The first-order valence-corrected chi connectivity index (χ1v) is 13.8. The maximum Gasteiger partial charge on any atom is 0.250 e. The summed E-state index contributed by atoms with van der Waals surface area (Å²) in [6, 6.07) is 33.0. The Labute approximate surface area is 240 Å². The van der Waals surface area contributed by atoms with E-state index >= 15 is 0 Å². The van der Waals surface area contributed by atoms with Crippen molar-refractivity contribution in [3.63, 3.8) is 0 Å². The van der Waals surface area contributed by atoms with Gasteiger partial charge in [0, 0.05) is 21.3 Å². The van der Waals surface area contributed by atoms with Gasteiger partial charge in [-0.3, -0.25) is 9.36 Å². The lowest BCUT2D eigenvalue weighted by molar-refractivity contribution is -0.118. The Morgan fingerprint density at radius 3 is 2.05 bits per heavy atom. The Morgan fingerprint density at radius 1 is 0.795 bits per heavy atom. The van der Waals surface area contributed by atoms with Gasteiger partial charge in [-0.25, -0.2) is 5.43 Å². The largest absolute Gasteiger partial charge is 0.272 e. The fourth-order valence-corrected chi connectivity index (χ4v) is 4.88. The van der Waals surface area contributed by atoms with Crippen LogP contribution in [0.1, 0.15) is 12.5 Å². The SMILES string of the molecule is CC(=NNC(=O)CSc1nnc(-c2ccc(Cl)cc2)n1-c1ccc(Cl)cc1)c1ccc(-c2ccccc2)cc1. The zero-order valence-corrected chi connectivity index (χ0v) is 23.2. The molecule has 0 bridgehead atoms. The first-order valence-electron chi connectivity index (χ1n) is 12.1. The molecule has 0 aliphatic carbocycles. The summed E-state index contributed by atoms with van der Waals surface area (Å²) >= 11 is 13.4. The van der Waals surface area contributed by atoms with Crippen LogP contribution in [0, 0.1) is 0 Å². The first-order chi connectivity index (χ1) is 19.0. The van der Waals surface area contributed by atoms with Crippen LogP contribution in [-0.2, 0) is 4.79 Å². The number of aromatic nitrogens is 3. The molecule has 0 radical (unpaired) electrons. The minimum atomic E-state index is -0.251. The van der Waals surface area contributed by atoms with Crippen LogP contribution in [-0.4, -0.2) is 32.1 Å². The normalized spacial score (nSPS) is 11.4. The molecule has 1 heterocycles. The van der Waals surface area contributed by atoms with Gasteiger partial charge in [0.1, 0.15) is 0 Å². The molecule has 9 heteroatoms.